The molecule has 0 aromatic heterocycles. The van der Waals surface area contributed by atoms with Crippen molar-refractivity contribution in [1.82, 2.24) is 0 Å². The highest BCUT2D eigenvalue weighted by Crippen LogP contribution is 2.37. The van der Waals surface area contributed by atoms with Gasteiger partial charge in [-0.25, -0.2) is 0 Å². The van der Waals surface area contributed by atoms with Gasteiger partial charge in [0.05, 0.1) is 0 Å². The van der Waals surface area contributed by atoms with E-state index >= 15 is 0 Å². The van der Waals surface area contributed by atoms with Crippen molar-refractivity contribution in [1.29, 1.82) is 0 Å². The van der Waals surface area contributed by atoms with Gasteiger partial charge >= 0.3 is 0 Å². The molecular weight excluding hydrogens is 859 g/mol. The fraction of sp³-hybridized carbons (Fsp3) is 0.147. The minimum atomic E-state index is 1.10. The van der Waals surface area contributed by atoms with Gasteiger partial charge in [0.1, 0.15) is 0 Å². The van der Waals surface area contributed by atoms with Crippen LogP contribution in [0.3, 0.4) is 0 Å². The van der Waals surface area contributed by atoms with Gasteiger partial charge in [-0.3, -0.25) is 0 Å². The second kappa shape index (κ2) is 31.8. The Hall–Kier alpha value is -8.14. The Balaban J connectivity index is 0.00000103. The van der Waals surface area contributed by atoms with Gasteiger partial charge in [0, 0.05) is 51.2 Å². The van der Waals surface area contributed by atoms with E-state index in [0.717, 1.165) is 73.4 Å². The Bertz CT molecular complexity index is 2530. The summed E-state index contributed by atoms with van der Waals surface area (Å²) in [6.07, 6.45) is 8.70. The first-order valence-corrected chi connectivity index (χ1v) is 25.7. The minimum absolute atomic E-state index is 1.10. The molecule has 0 radical (unpaired) electrons. The second-order valence-corrected chi connectivity index (χ2v) is 14.7. The summed E-state index contributed by atoms with van der Waals surface area (Å²) in [5, 5.41) is 0. The van der Waals surface area contributed by atoms with E-state index in [1.807, 2.05) is 69.2 Å². The molecule has 0 aliphatic carbocycles. The summed E-state index contributed by atoms with van der Waals surface area (Å²) in [4.78, 5) is 6.86. The van der Waals surface area contributed by atoms with Crippen LogP contribution in [0.25, 0.3) is 24.3 Å². The number of hydrogen-bond donors (Lipinski definition) is 0. The van der Waals surface area contributed by atoms with Crippen molar-refractivity contribution in [3.8, 4) is 0 Å². The molecule has 0 unspecified atom stereocenters. The predicted molar refractivity (Wildman–Crippen MR) is 318 cm³/mol. The van der Waals surface area contributed by atoms with Crippen molar-refractivity contribution in [2.45, 2.75) is 69.2 Å². The number of anilines is 9. The molecule has 9 rings (SSSR count). The first-order chi connectivity index (χ1) is 35.2. The number of nitrogens with zero attached hydrogens (tertiary/aromatic N) is 3. The first kappa shape index (κ1) is 55.5. The second-order valence-electron chi connectivity index (χ2n) is 14.7. The van der Waals surface area contributed by atoms with Gasteiger partial charge in [-0.05, 0) is 131 Å². The lowest BCUT2D eigenvalue weighted by molar-refractivity contribution is 1.28. The van der Waals surface area contributed by atoms with E-state index in [1.54, 1.807) is 0 Å². The lowest BCUT2D eigenvalue weighted by Gasteiger charge is -2.25. The normalized spacial score (nSPS) is 10.0. The number of benzene rings is 9. The Kier molecular flexibility index (Phi) is 24.9. The van der Waals surface area contributed by atoms with E-state index in [2.05, 4.69) is 288 Å². The summed E-state index contributed by atoms with van der Waals surface area (Å²) >= 11 is 0. The zero-order valence-electron chi connectivity index (χ0n) is 43.8. The summed E-state index contributed by atoms with van der Waals surface area (Å²) < 4.78 is 0. The minimum Gasteiger partial charge on any atom is -0.311 e. The molecule has 9 aromatic carbocycles. The van der Waals surface area contributed by atoms with Crippen molar-refractivity contribution in [2.75, 3.05) is 14.7 Å². The van der Waals surface area contributed by atoms with Crippen LogP contribution in [0, 0.1) is 0 Å². The van der Waals surface area contributed by atoms with Gasteiger partial charge < -0.3 is 14.7 Å². The van der Waals surface area contributed by atoms with Crippen LogP contribution in [0.4, 0.5) is 51.2 Å². The summed E-state index contributed by atoms with van der Waals surface area (Å²) in [5.74, 6) is 0. The van der Waals surface area contributed by atoms with Gasteiger partial charge in [0.15, 0.2) is 0 Å². The van der Waals surface area contributed by atoms with Crippen molar-refractivity contribution in [3.05, 3.63) is 271 Å². The quantitative estimate of drug-likeness (QED) is 0.107. The molecule has 0 aliphatic heterocycles. The van der Waals surface area contributed by atoms with Gasteiger partial charge in [-0.1, -0.05) is 233 Å². The average molecular weight is 934 g/mol. The van der Waals surface area contributed by atoms with Crippen LogP contribution >= 0.6 is 0 Å². The Morgan fingerprint density at radius 2 is 0.296 bits per heavy atom. The van der Waals surface area contributed by atoms with Gasteiger partial charge in [0.2, 0.25) is 0 Å². The van der Waals surface area contributed by atoms with Crippen molar-refractivity contribution in [3.63, 3.8) is 0 Å². The molecular formula is C68H75N3. The highest BCUT2D eigenvalue weighted by Gasteiger charge is 2.14. The monoisotopic (exact) mass is 934 g/mol. The molecule has 0 heterocycles. The van der Waals surface area contributed by atoms with Crippen LogP contribution < -0.4 is 14.7 Å². The first-order valence-electron chi connectivity index (χ1n) is 25.7. The van der Waals surface area contributed by atoms with Gasteiger partial charge in [-0.2, -0.15) is 0 Å². The molecule has 71 heavy (non-hydrogen) atoms. The summed E-state index contributed by atoms with van der Waals surface area (Å²) in [6, 6.07) is 87.5. The Morgan fingerprint density at radius 1 is 0.169 bits per heavy atom. The van der Waals surface area contributed by atoms with Crippen LogP contribution in [0.1, 0.15) is 91.5 Å². The largest absolute Gasteiger partial charge is 0.311 e. The lowest BCUT2D eigenvalue weighted by atomic mass is 10.1. The molecule has 0 saturated carbocycles. The highest BCUT2D eigenvalue weighted by molar-refractivity contribution is 5.82. The molecule has 0 amide bonds. The van der Waals surface area contributed by atoms with E-state index in [-0.39, 0.29) is 0 Å². The summed E-state index contributed by atoms with van der Waals surface area (Å²) in [7, 11) is 0. The fourth-order valence-corrected chi connectivity index (χ4v) is 7.55. The van der Waals surface area contributed by atoms with E-state index < -0.39 is 0 Å². The molecule has 0 aliphatic rings. The Labute approximate surface area is 428 Å². The molecule has 362 valence electrons. The zero-order chi connectivity index (χ0) is 51.1. The highest BCUT2D eigenvalue weighted by atomic mass is 15.2. The number of rotatable bonds is 13. The van der Waals surface area contributed by atoms with Crippen molar-refractivity contribution >= 4 is 75.5 Å². The van der Waals surface area contributed by atoms with E-state index in [4.69, 9.17) is 0 Å². The van der Waals surface area contributed by atoms with Crippen LogP contribution in [-0.2, 0) is 0 Å². The van der Waals surface area contributed by atoms with Crippen LogP contribution in [-0.4, -0.2) is 0 Å². The number of hydrogen-bond acceptors (Lipinski definition) is 3. The standard InChI is InChI=1S/C58H45N3.5C2H6/c1-6-16-50(17-7-1)59(51-18-8-2-9-19-51)55-38-30-46(31-39-55)26-28-48-34-42-57(43-35-48)61(54-24-14-5-15-25-54)58-44-36-49(37-45-58)29-27-47-32-40-56(41-33-47)60(52-20-10-3-11-21-52)53-22-12-4-13-23-53;5*1-2/h1-45H;5*1-2H3/b28-26+,29-27+;;;;;. The van der Waals surface area contributed by atoms with Crippen LogP contribution in [0.5, 0.6) is 0 Å². The smallest absolute Gasteiger partial charge is 0.0462 e. The lowest BCUT2D eigenvalue weighted by Crippen LogP contribution is -2.09. The SMILES string of the molecule is C(=C\c1ccc(N(c2ccccc2)c2ccc(/C=C/c3ccc(N(c4ccccc4)c4ccccc4)cc3)cc2)cc1)/c1ccc(N(c2ccccc2)c2ccccc2)cc1.CC.CC.CC.CC.CC. The molecule has 0 fully saturated rings. The third-order valence-corrected chi connectivity index (χ3v) is 10.6. The topological polar surface area (TPSA) is 9.72 Å². The van der Waals surface area contributed by atoms with Crippen LogP contribution in [0.15, 0.2) is 249 Å². The average Bonchev–Trinajstić information content (AvgIpc) is 3.47. The molecule has 0 atom stereocenters. The molecule has 0 bridgehead atoms. The fourth-order valence-electron chi connectivity index (χ4n) is 7.55. The predicted octanol–water partition coefficient (Wildman–Crippen LogP) is 21.6. The maximum absolute atomic E-state index is 2.30. The molecule has 0 N–H and O–H groups in total. The van der Waals surface area contributed by atoms with E-state index in [9.17, 15) is 0 Å². The molecule has 3 nitrogen and oxygen atoms in total. The maximum Gasteiger partial charge on any atom is 0.0462 e. The Morgan fingerprint density at radius 3 is 0.437 bits per heavy atom. The van der Waals surface area contributed by atoms with E-state index in [1.165, 1.54) is 0 Å². The summed E-state index contributed by atoms with van der Waals surface area (Å²) in [6.45, 7) is 20.0. The van der Waals surface area contributed by atoms with Gasteiger partial charge in [-0.15, -0.1) is 0 Å². The third-order valence-electron chi connectivity index (χ3n) is 10.6. The van der Waals surface area contributed by atoms with Crippen LogP contribution in [0.2, 0.25) is 0 Å². The van der Waals surface area contributed by atoms with E-state index in [0.29, 0.717) is 0 Å². The number of para-hydroxylation sites is 5. The zero-order valence-corrected chi connectivity index (χ0v) is 43.8. The summed E-state index contributed by atoms with van der Waals surface area (Å²) in [5.41, 5.74) is 14.6. The molecule has 0 spiro atoms. The molecule has 0 saturated heterocycles. The molecule has 3 heteroatoms. The van der Waals surface area contributed by atoms with Crippen molar-refractivity contribution in [2.24, 2.45) is 0 Å². The maximum atomic E-state index is 2.30. The molecule has 9 aromatic rings. The van der Waals surface area contributed by atoms with Crippen molar-refractivity contribution < 1.29 is 0 Å². The van der Waals surface area contributed by atoms with Gasteiger partial charge in [0.25, 0.3) is 0 Å². The third kappa shape index (κ3) is 16.0.